The molecule has 0 aliphatic carbocycles. The van der Waals surface area contributed by atoms with Crippen molar-refractivity contribution in [2.75, 3.05) is 21.0 Å². The third kappa shape index (κ3) is 3.66. The molecule has 1 atom stereocenters. The van der Waals surface area contributed by atoms with E-state index in [1.54, 1.807) is 31.6 Å². The highest BCUT2D eigenvalue weighted by atomic mass is 32.1. The quantitative estimate of drug-likeness (QED) is 0.522. The first kappa shape index (κ1) is 17.8. The fraction of sp³-hybridized carbons (Fsp3) is 0.263. The maximum Gasteiger partial charge on any atom is 0.188 e. The second-order valence-corrected chi connectivity index (χ2v) is 6.68. The van der Waals surface area contributed by atoms with Crippen molar-refractivity contribution in [3.8, 4) is 11.5 Å². The molecule has 0 spiro atoms. The topological polar surface area (TPSA) is 47.9 Å². The molecule has 0 aliphatic heterocycles. The van der Waals surface area contributed by atoms with Crippen molar-refractivity contribution in [1.29, 1.82) is 0 Å². The summed E-state index contributed by atoms with van der Waals surface area (Å²) in [6, 6.07) is 13.8. The minimum atomic E-state index is -0.762. The molecule has 0 amide bonds. The molecule has 3 aromatic rings. The van der Waals surface area contributed by atoms with Crippen LogP contribution in [0.3, 0.4) is 0 Å². The number of thiophene rings is 1. The number of hydrogen-bond donors (Lipinski definition) is 1. The highest BCUT2D eigenvalue weighted by molar-refractivity contribution is 7.19. The molecule has 6 heteroatoms. The number of hydrogen-bond acceptors (Lipinski definition) is 5. The Balaban J connectivity index is 2.01. The molecule has 1 radical (unpaired) electrons. The van der Waals surface area contributed by atoms with Gasteiger partial charge in [-0.3, -0.25) is 0 Å². The molecular formula is C19H20BO4S. The standard InChI is InChI=1S/C19H20BO4S/c1-20-14-9-13(15(23-3)10-16(14)24-11-22-2)19(21)18-8-12-6-4-5-7-17(12)25-18/h4-10,19,21H,11H2,1-3H3. The van der Waals surface area contributed by atoms with Crippen molar-refractivity contribution in [2.24, 2.45) is 0 Å². The van der Waals surface area contributed by atoms with Crippen LogP contribution in [0.4, 0.5) is 0 Å². The molecule has 0 fully saturated rings. The van der Waals surface area contributed by atoms with Gasteiger partial charge < -0.3 is 19.3 Å². The van der Waals surface area contributed by atoms with Gasteiger partial charge in [0.15, 0.2) is 14.1 Å². The molecule has 0 saturated heterocycles. The molecule has 1 N–H and O–H groups in total. The zero-order valence-corrected chi connectivity index (χ0v) is 15.3. The number of rotatable bonds is 7. The van der Waals surface area contributed by atoms with Crippen LogP contribution < -0.4 is 14.9 Å². The lowest BCUT2D eigenvalue weighted by Crippen LogP contribution is -2.18. The SMILES string of the molecule is C[B]c1cc(C(O)c2cc3ccccc3s2)c(OC)cc1OCOC. The van der Waals surface area contributed by atoms with Gasteiger partial charge in [-0.05, 0) is 23.0 Å². The van der Waals surface area contributed by atoms with Gasteiger partial charge >= 0.3 is 0 Å². The summed E-state index contributed by atoms with van der Waals surface area (Å²) in [5.41, 5.74) is 1.60. The first-order chi connectivity index (χ1) is 12.2. The number of aliphatic hydroxyl groups excluding tert-OH is 1. The lowest BCUT2D eigenvalue weighted by molar-refractivity contribution is 0.0517. The first-order valence-electron chi connectivity index (χ1n) is 7.97. The maximum absolute atomic E-state index is 10.9. The molecular weight excluding hydrogens is 335 g/mol. The van der Waals surface area contributed by atoms with Crippen LogP contribution in [0.1, 0.15) is 16.5 Å². The average Bonchev–Trinajstić information content (AvgIpc) is 3.09. The van der Waals surface area contributed by atoms with Crippen LogP contribution in [0.15, 0.2) is 42.5 Å². The predicted octanol–water partition coefficient (Wildman–Crippen LogP) is 3.35. The Labute approximate surface area is 152 Å². The Morgan fingerprint density at radius 2 is 1.92 bits per heavy atom. The Morgan fingerprint density at radius 3 is 2.60 bits per heavy atom. The molecule has 2 aromatic carbocycles. The predicted molar refractivity (Wildman–Crippen MR) is 103 cm³/mol. The molecule has 0 saturated carbocycles. The van der Waals surface area contributed by atoms with Crippen LogP contribution in [0.5, 0.6) is 11.5 Å². The Hall–Kier alpha value is -2.02. The van der Waals surface area contributed by atoms with Gasteiger partial charge in [-0.15, -0.1) is 11.3 Å². The summed E-state index contributed by atoms with van der Waals surface area (Å²) in [5.74, 6) is 1.25. The summed E-state index contributed by atoms with van der Waals surface area (Å²) in [6.45, 7) is 2.08. The van der Waals surface area contributed by atoms with Crippen LogP contribution in [-0.2, 0) is 4.74 Å². The molecule has 0 bridgehead atoms. The fourth-order valence-corrected chi connectivity index (χ4v) is 3.82. The van der Waals surface area contributed by atoms with Crippen LogP contribution >= 0.6 is 11.3 Å². The number of aliphatic hydroxyl groups is 1. The summed E-state index contributed by atoms with van der Waals surface area (Å²) >= 11 is 1.58. The van der Waals surface area contributed by atoms with Crippen molar-refractivity contribution in [3.05, 3.63) is 52.9 Å². The van der Waals surface area contributed by atoms with E-state index >= 15 is 0 Å². The van der Waals surface area contributed by atoms with Crippen molar-refractivity contribution >= 4 is 34.2 Å². The zero-order chi connectivity index (χ0) is 17.8. The van der Waals surface area contributed by atoms with E-state index in [0.717, 1.165) is 20.4 Å². The summed E-state index contributed by atoms with van der Waals surface area (Å²) in [7, 11) is 5.10. The van der Waals surface area contributed by atoms with E-state index in [-0.39, 0.29) is 6.79 Å². The monoisotopic (exact) mass is 355 g/mol. The molecule has 1 aromatic heterocycles. The third-order valence-electron chi connectivity index (χ3n) is 4.01. The maximum atomic E-state index is 10.9. The first-order valence-corrected chi connectivity index (χ1v) is 8.79. The molecule has 0 aliphatic rings. The molecule has 1 heterocycles. The Bertz CT molecular complexity index is 829. The number of methoxy groups -OCH3 is 2. The van der Waals surface area contributed by atoms with Gasteiger partial charge in [0.05, 0.1) is 7.11 Å². The van der Waals surface area contributed by atoms with E-state index in [4.69, 9.17) is 14.2 Å². The largest absolute Gasteiger partial charge is 0.496 e. The van der Waals surface area contributed by atoms with Gasteiger partial charge in [-0.2, -0.15) is 0 Å². The summed E-state index contributed by atoms with van der Waals surface area (Å²) in [6.07, 6.45) is -0.762. The average molecular weight is 355 g/mol. The summed E-state index contributed by atoms with van der Waals surface area (Å²) in [5, 5.41) is 12.1. The Morgan fingerprint density at radius 1 is 1.12 bits per heavy atom. The van der Waals surface area contributed by atoms with Crippen LogP contribution in [-0.4, -0.2) is 33.4 Å². The van der Waals surface area contributed by atoms with Crippen LogP contribution in [0.2, 0.25) is 6.82 Å². The van der Waals surface area contributed by atoms with Crippen LogP contribution in [0.25, 0.3) is 10.1 Å². The number of ether oxygens (including phenoxy) is 3. The summed E-state index contributed by atoms with van der Waals surface area (Å²) in [4.78, 5) is 0.882. The second-order valence-electron chi connectivity index (χ2n) is 5.56. The van der Waals surface area contributed by atoms with Crippen molar-refractivity contribution in [1.82, 2.24) is 0 Å². The van der Waals surface area contributed by atoms with E-state index in [1.165, 1.54) is 0 Å². The van der Waals surface area contributed by atoms with Gasteiger partial charge in [0.2, 0.25) is 0 Å². The van der Waals surface area contributed by atoms with E-state index in [1.807, 2.05) is 44.4 Å². The van der Waals surface area contributed by atoms with Gasteiger partial charge in [0.1, 0.15) is 17.6 Å². The van der Waals surface area contributed by atoms with Gasteiger partial charge in [0, 0.05) is 28.3 Å². The van der Waals surface area contributed by atoms with Crippen LogP contribution in [0, 0.1) is 0 Å². The zero-order valence-electron chi connectivity index (χ0n) is 14.5. The van der Waals surface area contributed by atoms with Gasteiger partial charge in [-0.25, -0.2) is 0 Å². The molecule has 1 unspecified atom stereocenters. The third-order valence-corrected chi connectivity index (χ3v) is 5.18. The van der Waals surface area contributed by atoms with Gasteiger partial charge in [0.25, 0.3) is 0 Å². The van der Waals surface area contributed by atoms with E-state index in [0.29, 0.717) is 17.1 Å². The summed E-state index contributed by atoms with van der Waals surface area (Å²) < 4.78 is 17.2. The molecule has 25 heavy (non-hydrogen) atoms. The normalized spacial score (nSPS) is 12.2. The van der Waals surface area contributed by atoms with E-state index in [9.17, 15) is 5.11 Å². The van der Waals surface area contributed by atoms with E-state index < -0.39 is 6.10 Å². The fourth-order valence-electron chi connectivity index (χ4n) is 2.75. The molecule has 3 rings (SSSR count). The van der Waals surface area contributed by atoms with Gasteiger partial charge in [-0.1, -0.05) is 31.1 Å². The molecule has 4 nitrogen and oxygen atoms in total. The highest BCUT2D eigenvalue weighted by Gasteiger charge is 2.20. The Kier molecular flexibility index (Phi) is 5.63. The molecule has 129 valence electrons. The number of benzene rings is 2. The lowest BCUT2D eigenvalue weighted by atomic mass is 9.72. The van der Waals surface area contributed by atoms with E-state index in [2.05, 4.69) is 6.07 Å². The number of fused-ring (bicyclic) bond motifs is 1. The lowest BCUT2D eigenvalue weighted by Gasteiger charge is -2.18. The minimum absolute atomic E-state index is 0.155. The highest BCUT2D eigenvalue weighted by Crippen LogP contribution is 2.37. The van der Waals surface area contributed by atoms with Crippen molar-refractivity contribution in [3.63, 3.8) is 0 Å². The second kappa shape index (κ2) is 7.91. The van der Waals surface area contributed by atoms with Crippen molar-refractivity contribution < 1.29 is 19.3 Å². The minimum Gasteiger partial charge on any atom is -0.496 e. The van der Waals surface area contributed by atoms with Crippen molar-refractivity contribution in [2.45, 2.75) is 12.9 Å². The smallest absolute Gasteiger partial charge is 0.188 e.